The molecule has 2 aromatic rings. The second-order valence-corrected chi connectivity index (χ2v) is 7.82. The van der Waals surface area contributed by atoms with Crippen LogP contribution in [0.25, 0.3) is 0 Å². The molecule has 21 heavy (non-hydrogen) atoms. The van der Waals surface area contributed by atoms with Crippen molar-refractivity contribution in [1.82, 2.24) is 9.78 Å². The van der Waals surface area contributed by atoms with Crippen LogP contribution in [0.3, 0.4) is 0 Å². The molecule has 0 aliphatic rings. The lowest BCUT2D eigenvalue weighted by Gasteiger charge is -2.11. The summed E-state index contributed by atoms with van der Waals surface area (Å²) < 4.78 is 29.8. The Morgan fingerprint density at radius 3 is 2.19 bits per heavy atom. The molecule has 0 bridgehead atoms. The van der Waals surface area contributed by atoms with Gasteiger partial charge in [-0.2, -0.15) is 5.10 Å². The summed E-state index contributed by atoms with van der Waals surface area (Å²) in [5.41, 5.74) is 1.69. The minimum absolute atomic E-state index is 0.0427. The van der Waals surface area contributed by atoms with Crippen molar-refractivity contribution in [3.63, 3.8) is 0 Å². The van der Waals surface area contributed by atoms with E-state index in [-0.39, 0.29) is 14.9 Å². The van der Waals surface area contributed by atoms with Crippen LogP contribution in [0.4, 0.5) is 5.69 Å². The van der Waals surface area contributed by atoms with Gasteiger partial charge in [-0.3, -0.25) is 9.40 Å². The Bertz CT molecular complexity index is 795. The van der Waals surface area contributed by atoms with Crippen molar-refractivity contribution in [1.29, 1.82) is 0 Å². The van der Waals surface area contributed by atoms with Gasteiger partial charge in [0.15, 0.2) is 0 Å². The molecule has 0 saturated carbocycles. The van der Waals surface area contributed by atoms with Crippen LogP contribution in [0.1, 0.15) is 11.4 Å². The van der Waals surface area contributed by atoms with Crippen molar-refractivity contribution < 1.29 is 8.42 Å². The Balaban J connectivity index is 2.54. The molecule has 0 aliphatic carbocycles. The Labute approximate surface area is 141 Å². The molecule has 0 radical (unpaired) electrons. The van der Waals surface area contributed by atoms with Gasteiger partial charge >= 0.3 is 0 Å². The largest absolute Gasteiger partial charge is 0.276 e. The van der Waals surface area contributed by atoms with Gasteiger partial charge in [-0.15, -0.1) is 0 Å². The van der Waals surface area contributed by atoms with Crippen molar-refractivity contribution >= 4 is 54.8 Å². The number of anilines is 1. The van der Waals surface area contributed by atoms with Gasteiger partial charge in [-0.05, 0) is 26.0 Å². The quantitative estimate of drug-likeness (QED) is 0.831. The van der Waals surface area contributed by atoms with E-state index >= 15 is 0 Å². The van der Waals surface area contributed by atoms with Gasteiger partial charge in [0.05, 0.1) is 27.1 Å². The third-order valence-corrected chi connectivity index (χ3v) is 5.71. The van der Waals surface area contributed by atoms with Crippen molar-refractivity contribution in [2.75, 3.05) is 4.72 Å². The van der Waals surface area contributed by atoms with Crippen LogP contribution in [-0.4, -0.2) is 18.2 Å². The first-order valence-corrected chi connectivity index (χ1v) is 8.84. The van der Waals surface area contributed by atoms with E-state index < -0.39 is 10.0 Å². The number of hydrogen-bond donors (Lipinski definition) is 1. The van der Waals surface area contributed by atoms with Gasteiger partial charge in [0.2, 0.25) is 0 Å². The van der Waals surface area contributed by atoms with Crippen LogP contribution < -0.4 is 4.72 Å². The monoisotopic (exact) mass is 411 g/mol. The van der Waals surface area contributed by atoms with Crippen LogP contribution in [0.15, 0.2) is 21.5 Å². The highest BCUT2D eigenvalue weighted by atomic mass is 79.9. The van der Waals surface area contributed by atoms with E-state index in [0.29, 0.717) is 21.5 Å². The van der Waals surface area contributed by atoms with Crippen molar-refractivity contribution in [3.8, 4) is 0 Å². The zero-order chi connectivity index (χ0) is 15.9. The number of rotatable bonds is 3. The summed E-state index contributed by atoms with van der Waals surface area (Å²) >= 11 is 15.2. The third kappa shape index (κ3) is 3.21. The first kappa shape index (κ1) is 16.6. The molecule has 0 spiro atoms. The predicted octanol–water partition coefficient (Wildman–Crippen LogP) is 3.91. The summed E-state index contributed by atoms with van der Waals surface area (Å²) in [4.78, 5) is -0.156. The number of halogens is 3. The molecule has 0 amide bonds. The summed E-state index contributed by atoms with van der Waals surface area (Å²) in [6.07, 6.45) is 0. The Morgan fingerprint density at radius 1 is 1.24 bits per heavy atom. The number of nitrogens with zero attached hydrogens (tertiary/aromatic N) is 2. The fourth-order valence-electron chi connectivity index (χ4n) is 1.89. The second kappa shape index (κ2) is 5.79. The molecule has 0 saturated heterocycles. The minimum atomic E-state index is -3.91. The lowest BCUT2D eigenvalue weighted by atomic mass is 10.3. The fraction of sp³-hybridized carbons (Fsp3) is 0.250. The molecule has 0 unspecified atom stereocenters. The van der Waals surface area contributed by atoms with Gasteiger partial charge in [0.1, 0.15) is 4.90 Å². The molecule has 0 atom stereocenters. The summed E-state index contributed by atoms with van der Waals surface area (Å²) in [7, 11) is -2.18. The zero-order valence-electron chi connectivity index (χ0n) is 11.4. The molecule has 0 fully saturated rings. The topological polar surface area (TPSA) is 64.0 Å². The molecule has 1 aromatic carbocycles. The summed E-state index contributed by atoms with van der Waals surface area (Å²) in [5.74, 6) is 0. The van der Waals surface area contributed by atoms with Crippen LogP contribution in [0.2, 0.25) is 10.0 Å². The average molecular weight is 413 g/mol. The number of benzene rings is 1. The van der Waals surface area contributed by atoms with E-state index in [1.807, 2.05) is 0 Å². The first-order valence-electron chi connectivity index (χ1n) is 5.81. The molecule has 2 rings (SSSR count). The van der Waals surface area contributed by atoms with E-state index in [2.05, 4.69) is 25.8 Å². The molecule has 1 aromatic heterocycles. The first-order chi connectivity index (χ1) is 9.63. The van der Waals surface area contributed by atoms with Crippen LogP contribution in [0, 0.1) is 13.8 Å². The van der Waals surface area contributed by atoms with E-state index in [1.165, 1.54) is 12.1 Å². The number of sulfonamides is 1. The van der Waals surface area contributed by atoms with E-state index in [9.17, 15) is 8.42 Å². The van der Waals surface area contributed by atoms with Crippen LogP contribution in [-0.2, 0) is 17.1 Å². The molecular formula is C12H12BrCl2N3O2S. The molecule has 114 valence electrons. The normalized spacial score (nSPS) is 11.7. The molecule has 1 N–H and O–H groups in total. The number of nitrogens with one attached hydrogen (secondary N) is 1. The van der Waals surface area contributed by atoms with E-state index in [1.54, 1.807) is 25.6 Å². The summed E-state index contributed by atoms with van der Waals surface area (Å²) in [6.45, 7) is 3.48. The third-order valence-electron chi connectivity index (χ3n) is 2.98. The highest BCUT2D eigenvalue weighted by Crippen LogP contribution is 2.34. The summed E-state index contributed by atoms with van der Waals surface area (Å²) in [6, 6.07) is 2.95. The Hall–Kier alpha value is -0.760. The van der Waals surface area contributed by atoms with E-state index in [4.69, 9.17) is 23.2 Å². The standard InChI is InChI=1S/C12H12BrCl2N3O2S/c1-6-11(7(2)18(3)16-6)17-21(19,20)12-9(14)4-8(13)5-10(12)15/h4-5,17H,1-3H3. The average Bonchev–Trinajstić information content (AvgIpc) is 2.53. The second-order valence-electron chi connectivity index (χ2n) is 4.47. The highest BCUT2D eigenvalue weighted by molar-refractivity contribution is 9.10. The van der Waals surface area contributed by atoms with Crippen molar-refractivity contribution in [2.45, 2.75) is 18.7 Å². The highest BCUT2D eigenvalue weighted by Gasteiger charge is 2.25. The maximum absolute atomic E-state index is 12.5. The van der Waals surface area contributed by atoms with Crippen LogP contribution in [0.5, 0.6) is 0 Å². The maximum atomic E-state index is 12.5. The molecular weight excluding hydrogens is 401 g/mol. The molecule has 0 aliphatic heterocycles. The zero-order valence-corrected chi connectivity index (χ0v) is 15.3. The molecule has 5 nitrogen and oxygen atoms in total. The minimum Gasteiger partial charge on any atom is -0.276 e. The smallest absolute Gasteiger partial charge is 0.264 e. The van der Waals surface area contributed by atoms with E-state index in [0.717, 1.165) is 0 Å². The van der Waals surface area contributed by atoms with Crippen molar-refractivity contribution in [2.24, 2.45) is 7.05 Å². The van der Waals surface area contributed by atoms with Gasteiger partial charge < -0.3 is 0 Å². The van der Waals surface area contributed by atoms with Gasteiger partial charge in [0.25, 0.3) is 10.0 Å². The predicted molar refractivity (Wildman–Crippen MR) is 87.7 cm³/mol. The number of hydrogen-bond acceptors (Lipinski definition) is 3. The SMILES string of the molecule is Cc1nn(C)c(C)c1NS(=O)(=O)c1c(Cl)cc(Br)cc1Cl. The molecule has 9 heteroatoms. The maximum Gasteiger partial charge on any atom is 0.264 e. The Morgan fingerprint density at radius 2 is 1.76 bits per heavy atom. The lowest BCUT2D eigenvalue weighted by molar-refractivity contribution is 0.601. The lowest BCUT2D eigenvalue weighted by Crippen LogP contribution is -2.15. The van der Waals surface area contributed by atoms with Gasteiger partial charge in [-0.1, -0.05) is 39.1 Å². The van der Waals surface area contributed by atoms with Crippen molar-refractivity contribution in [3.05, 3.63) is 38.0 Å². The van der Waals surface area contributed by atoms with Gasteiger partial charge in [0, 0.05) is 11.5 Å². The fourth-order valence-corrected chi connectivity index (χ4v) is 5.01. The molecule has 1 heterocycles. The summed E-state index contributed by atoms with van der Waals surface area (Å²) in [5, 5.41) is 4.25. The number of aromatic nitrogens is 2. The Kier molecular flexibility index (Phi) is 4.58. The van der Waals surface area contributed by atoms with Crippen LogP contribution >= 0.6 is 39.1 Å². The number of aryl methyl sites for hydroxylation is 2. The van der Waals surface area contributed by atoms with Gasteiger partial charge in [-0.25, -0.2) is 8.42 Å².